The lowest BCUT2D eigenvalue weighted by molar-refractivity contribution is 0.0599. The number of carbonyl (C=O) groups excluding carboxylic acids is 1. The topological polar surface area (TPSA) is 61.5 Å². The van der Waals surface area contributed by atoms with Crippen molar-refractivity contribution in [2.24, 2.45) is 5.92 Å². The number of benzene rings is 1. The Morgan fingerprint density at radius 2 is 2.05 bits per heavy atom. The summed E-state index contributed by atoms with van der Waals surface area (Å²) in [7, 11) is 1.36. The maximum absolute atomic E-state index is 11.8. The zero-order valence-corrected chi connectivity index (χ0v) is 13.1. The minimum Gasteiger partial charge on any atom is -0.490 e. The Labute approximate surface area is 126 Å². The molecular formula is C17H25NO3. The molecule has 2 unspecified atom stereocenters. The van der Waals surface area contributed by atoms with Gasteiger partial charge in [-0.15, -0.1) is 0 Å². The highest BCUT2D eigenvalue weighted by molar-refractivity contribution is 5.96. The van der Waals surface area contributed by atoms with E-state index in [2.05, 4.69) is 6.92 Å². The molecule has 0 amide bonds. The van der Waals surface area contributed by atoms with Crippen LogP contribution in [0.4, 0.5) is 5.69 Å². The molecule has 0 aromatic heterocycles. The highest BCUT2D eigenvalue weighted by Gasteiger charge is 2.26. The normalized spacial score (nSPS) is 21.9. The summed E-state index contributed by atoms with van der Waals surface area (Å²) in [6, 6.07) is 3.61. The number of rotatable bonds is 4. The molecule has 0 saturated heterocycles. The third-order valence-electron chi connectivity index (χ3n) is 4.42. The van der Waals surface area contributed by atoms with E-state index in [9.17, 15) is 4.79 Å². The van der Waals surface area contributed by atoms with Crippen LogP contribution in [0.5, 0.6) is 5.75 Å². The lowest BCUT2D eigenvalue weighted by Gasteiger charge is -2.31. The molecule has 0 radical (unpaired) electrons. The largest absolute Gasteiger partial charge is 0.490 e. The van der Waals surface area contributed by atoms with Gasteiger partial charge in [-0.3, -0.25) is 0 Å². The van der Waals surface area contributed by atoms with Gasteiger partial charge in [-0.1, -0.05) is 13.3 Å². The van der Waals surface area contributed by atoms with E-state index in [4.69, 9.17) is 15.2 Å². The fourth-order valence-corrected chi connectivity index (χ4v) is 3.08. The molecule has 0 bridgehead atoms. The van der Waals surface area contributed by atoms with E-state index in [0.29, 0.717) is 22.9 Å². The second-order valence-electron chi connectivity index (χ2n) is 5.80. The first-order valence-electron chi connectivity index (χ1n) is 7.71. The average molecular weight is 291 g/mol. The summed E-state index contributed by atoms with van der Waals surface area (Å²) in [5, 5.41) is 0. The van der Waals surface area contributed by atoms with Gasteiger partial charge in [-0.05, 0) is 56.2 Å². The second kappa shape index (κ2) is 6.83. The van der Waals surface area contributed by atoms with Gasteiger partial charge in [-0.25, -0.2) is 4.79 Å². The van der Waals surface area contributed by atoms with Crippen LogP contribution >= 0.6 is 0 Å². The van der Waals surface area contributed by atoms with E-state index in [1.165, 1.54) is 26.4 Å². The summed E-state index contributed by atoms with van der Waals surface area (Å²) in [5.41, 5.74) is 7.65. The van der Waals surface area contributed by atoms with Gasteiger partial charge in [-0.2, -0.15) is 0 Å². The van der Waals surface area contributed by atoms with Crippen LogP contribution < -0.4 is 10.5 Å². The van der Waals surface area contributed by atoms with Gasteiger partial charge < -0.3 is 15.2 Å². The Hall–Kier alpha value is -1.71. The molecular weight excluding hydrogens is 266 g/mol. The predicted octanol–water partition coefficient (Wildman–Crippen LogP) is 3.71. The van der Waals surface area contributed by atoms with Crippen LogP contribution in [0.3, 0.4) is 0 Å². The van der Waals surface area contributed by atoms with Gasteiger partial charge in [0.05, 0.1) is 12.7 Å². The molecule has 2 N–H and O–H groups in total. The van der Waals surface area contributed by atoms with Crippen molar-refractivity contribution in [3.63, 3.8) is 0 Å². The molecule has 0 spiro atoms. The van der Waals surface area contributed by atoms with E-state index in [-0.39, 0.29) is 6.10 Å². The monoisotopic (exact) mass is 291 g/mol. The first-order valence-corrected chi connectivity index (χ1v) is 7.71. The van der Waals surface area contributed by atoms with Crippen molar-refractivity contribution in [1.82, 2.24) is 0 Å². The molecule has 2 atom stereocenters. The molecule has 21 heavy (non-hydrogen) atoms. The van der Waals surface area contributed by atoms with Crippen LogP contribution in [0.15, 0.2) is 12.1 Å². The van der Waals surface area contributed by atoms with Gasteiger partial charge >= 0.3 is 5.97 Å². The molecule has 2 rings (SSSR count). The molecule has 1 aromatic carbocycles. The van der Waals surface area contributed by atoms with Crippen LogP contribution in [-0.2, 0) is 4.74 Å². The number of carbonyl (C=O) groups is 1. The van der Waals surface area contributed by atoms with Gasteiger partial charge in [0.15, 0.2) is 0 Å². The van der Waals surface area contributed by atoms with Crippen LogP contribution in [0.2, 0.25) is 0 Å². The molecule has 1 saturated carbocycles. The Balaban J connectivity index is 2.23. The summed E-state index contributed by atoms with van der Waals surface area (Å²) in [6.45, 7) is 4.09. The SMILES string of the molecule is CCC1CCCCC1Oc1cc(C)c(N)c(C(=O)OC)c1. The number of ether oxygens (including phenoxy) is 2. The summed E-state index contributed by atoms with van der Waals surface area (Å²) >= 11 is 0. The van der Waals surface area contributed by atoms with E-state index < -0.39 is 5.97 Å². The van der Waals surface area contributed by atoms with Crippen molar-refractivity contribution in [2.45, 2.75) is 52.1 Å². The Morgan fingerprint density at radius 3 is 2.71 bits per heavy atom. The minimum atomic E-state index is -0.420. The molecule has 0 aliphatic heterocycles. The lowest BCUT2D eigenvalue weighted by atomic mass is 9.84. The Morgan fingerprint density at radius 1 is 1.33 bits per heavy atom. The number of methoxy groups -OCH3 is 1. The number of anilines is 1. The molecule has 1 aliphatic carbocycles. The number of hydrogen-bond acceptors (Lipinski definition) is 4. The molecule has 4 nitrogen and oxygen atoms in total. The number of hydrogen-bond donors (Lipinski definition) is 1. The van der Waals surface area contributed by atoms with Gasteiger partial charge in [0.25, 0.3) is 0 Å². The van der Waals surface area contributed by atoms with Crippen molar-refractivity contribution in [2.75, 3.05) is 12.8 Å². The lowest BCUT2D eigenvalue weighted by Crippen LogP contribution is -2.30. The average Bonchev–Trinajstić information content (AvgIpc) is 2.50. The van der Waals surface area contributed by atoms with E-state index in [0.717, 1.165) is 18.4 Å². The zero-order chi connectivity index (χ0) is 15.4. The van der Waals surface area contributed by atoms with Gasteiger partial charge in [0, 0.05) is 5.69 Å². The molecule has 1 aromatic rings. The summed E-state index contributed by atoms with van der Waals surface area (Å²) in [4.78, 5) is 11.8. The molecule has 116 valence electrons. The number of aryl methyl sites for hydroxylation is 1. The minimum absolute atomic E-state index is 0.234. The highest BCUT2D eigenvalue weighted by Crippen LogP contribution is 2.32. The van der Waals surface area contributed by atoms with E-state index >= 15 is 0 Å². The van der Waals surface area contributed by atoms with Crippen molar-refractivity contribution in [3.8, 4) is 5.75 Å². The van der Waals surface area contributed by atoms with Crippen LogP contribution in [0.1, 0.15) is 54.9 Å². The number of nitrogen functional groups attached to an aromatic ring is 1. The van der Waals surface area contributed by atoms with Crippen molar-refractivity contribution in [1.29, 1.82) is 0 Å². The third-order valence-corrected chi connectivity index (χ3v) is 4.42. The number of esters is 1. The molecule has 1 fully saturated rings. The van der Waals surface area contributed by atoms with E-state index in [1.54, 1.807) is 6.07 Å². The zero-order valence-electron chi connectivity index (χ0n) is 13.1. The third kappa shape index (κ3) is 3.49. The van der Waals surface area contributed by atoms with Crippen molar-refractivity contribution < 1.29 is 14.3 Å². The Bertz CT molecular complexity index is 513. The van der Waals surface area contributed by atoms with Crippen LogP contribution in [0.25, 0.3) is 0 Å². The van der Waals surface area contributed by atoms with Gasteiger partial charge in [0.1, 0.15) is 11.9 Å². The van der Waals surface area contributed by atoms with Crippen LogP contribution in [0, 0.1) is 12.8 Å². The fraction of sp³-hybridized carbons (Fsp3) is 0.588. The first kappa shape index (κ1) is 15.7. The summed E-state index contributed by atoms with van der Waals surface area (Å²) < 4.78 is 11.0. The maximum atomic E-state index is 11.8. The fourth-order valence-electron chi connectivity index (χ4n) is 3.08. The molecule has 4 heteroatoms. The van der Waals surface area contributed by atoms with Crippen molar-refractivity contribution >= 4 is 11.7 Å². The Kier molecular flexibility index (Phi) is 5.10. The quantitative estimate of drug-likeness (QED) is 0.678. The van der Waals surface area contributed by atoms with Crippen LogP contribution in [-0.4, -0.2) is 19.2 Å². The van der Waals surface area contributed by atoms with Crippen molar-refractivity contribution in [3.05, 3.63) is 23.3 Å². The molecule has 1 aliphatic rings. The van der Waals surface area contributed by atoms with E-state index in [1.807, 2.05) is 13.0 Å². The summed E-state index contributed by atoms with van der Waals surface area (Å²) in [6.07, 6.45) is 6.15. The first-order chi connectivity index (χ1) is 10.1. The molecule has 0 heterocycles. The van der Waals surface area contributed by atoms with Gasteiger partial charge in [0.2, 0.25) is 0 Å². The standard InChI is InChI=1S/C17H25NO3/c1-4-12-7-5-6-8-15(12)21-13-9-11(2)16(18)14(10-13)17(19)20-3/h9-10,12,15H,4-8,18H2,1-3H3. The highest BCUT2D eigenvalue weighted by atomic mass is 16.5. The predicted molar refractivity (Wildman–Crippen MR) is 83.6 cm³/mol. The number of nitrogens with two attached hydrogens (primary N) is 1. The maximum Gasteiger partial charge on any atom is 0.340 e. The second-order valence-corrected chi connectivity index (χ2v) is 5.80. The smallest absolute Gasteiger partial charge is 0.340 e. The summed E-state index contributed by atoms with van der Waals surface area (Å²) in [5.74, 6) is 0.891.